The molecule has 0 saturated carbocycles. The summed E-state index contributed by atoms with van der Waals surface area (Å²) in [5, 5.41) is 2.94. The third-order valence-corrected chi connectivity index (χ3v) is 3.24. The number of anilines is 1. The molecule has 2 aromatic carbocycles. The smallest absolute Gasteiger partial charge is 0.251 e. The highest BCUT2D eigenvalue weighted by Gasteiger charge is 2.08. The van der Waals surface area contributed by atoms with Gasteiger partial charge in [0.25, 0.3) is 5.91 Å². The van der Waals surface area contributed by atoms with Crippen molar-refractivity contribution in [3.8, 4) is 0 Å². The fourth-order valence-corrected chi connectivity index (χ4v) is 2.18. The van der Waals surface area contributed by atoms with Crippen molar-refractivity contribution in [2.24, 2.45) is 0 Å². The van der Waals surface area contributed by atoms with E-state index in [1.165, 1.54) is 0 Å². The van der Waals surface area contributed by atoms with Crippen molar-refractivity contribution >= 4 is 11.6 Å². The molecule has 3 nitrogen and oxygen atoms in total. The molecule has 0 aliphatic carbocycles. The second kappa shape index (κ2) is 6.24. The third kappa shape index (κ3) is 3.38. The quantitative estimate of drug-likeness (QED) is 0.924. The maximum Gasteiger partial charge on any atom is 0.251 e. The van der Waals surface area contributed by atoms with E-state index in [-0.39, 0.29) is 5.91 Å². The molecule has 1 amide bonds. The Balaban J connectivity index is 2.04. The number of carbonyl (C=O) groups excluding carboxylic acids is 1. The molecule has 2 aromatic rings. The zero-order chi connectivity index (χ0) is 14.5. The first kappa shape index (κ1) is 14.1. The molecule has 0 bridgehead atoms. The molecule has 0 fully saturated rings. The van der Waals surface area contributed by atoms with Crippen LogP contribution in [0.5, 0.6) is 0 Å². The van der Waals surface area contributed by atoms with Gasteiger partial charge in [0.2, 0.25) is 0 Å². The van der Waals surface area contributed by atoms with Crippen molar-refractivity contribution < 1.29 is 4.79 Å². The van der Waals surface area contributed by atoms with E-state index in [0.29, 0.717) is 12.1 Å². The monoisotopic (exact) mass is 268 g/mol. The van der Waals surface area contributed by atoms with Gasteiger partial charge in [-0.3, -0.25) is 4.79 Å². The van der Waals surface area contributed by atoms with Gasteiger partial charge in [0.05, 0.1) is 0 Å². The minimum Gasteiger partial charge on any atom is -0.377 e. The predicted molar refractivity (Wildman–Crippen MR) is 83.1 cm³/mol. The number of aryl methyl sites for hydroxylation is 1. The average Bonchev–Trinajstić information content (AvgIpc) is 2.45. The SMILES string of the molecule is Cc1cc(C(=O)NCc2ccccc2)ccc1N(C)C. The molecule has 0 aromatic heterocycles. The van der Waals surface area contributed by atoms with Crippen LogP contribution < -0.4 is 10.2 Å². The summed E-state index contributed by atoms with van der Waals surface area (Å²) in [4.78, 5) is 14.2. The van der Waals surface area contributed by atoms with E-state index in [0.717, 1.165) is 16.8 Å². The van der Waals surface area contributed by atoms with Crippen LogP contribution in [-0.2, 0) is 6.54 Å². The molecule has 0 aliphatic rings. The molecule has 0 atom stereocenters. The topological polar surface area (TPSA) is 32.3 Å². The molecule has 0 heterocycles. The van der Waals surface area contributed by atoms with Gasteiger partial charge in [-0.15, -0.1) is 0 Å². The summed E-state index contributed by atoms with van der Waals surface area (Å²) < 4.78 is 0. The van der Waals surface area contributed by atoms with Crippen molar-refractivity contribution in [3.63, 3.8) is 0 Å². The van der Waals surface area contributed by atoms with Gasteiger partial charge in [-0.2, -0.15) is 0 Å². The number of nitrogens with one attached hydrogen (secondary N) is 1. The minimum absolute atomic E-state index is 0.0396. The Bertz CT molecular complexity index is 591. The molecule has 0 unspecified atom stereocenters. The van der Waals surface area contributed by atoms with Gasteiger partial charge in [-0.25, -0.2) is 0 Å². The Kier molecular flexibility index (Phi) is 4.41. The van der Waals surface area contributed by atoms with E-state index >= 15 is 0 Å². The van der Waals surface area contributed by atoms with E-state index in [9.17, 15) is 4.79 Å². The number of benzene rings is 2. The Morgan fingerprint density at radius 1 is 1.10 bits per heavy atom. The van der Waals surface area contributed by atoms with E-state index in [4.69, 9.17) is 0 Å². The van der Waals surface area contributed by atoms with Crippen LogP contribution in [0.2, 0.25) is 0 Å². The molecule has 2 rings (SSSR count). The van der Waals surface area contributed by atoms with Gasteiger partial charge in [-0.05, 0) is 36.2 Å². The van der Waals surface area contributed by atoms with Gasteiger partial charge >= 0.3 is 0 Å². The van der Waals surface area contributed by atoms with Crippen molar-refractivity contribution in [2.75, 3.05) is 19.0 Å². The van der Waals surface area contributed by atoms with Crippen LogP contribution in [0.3, 0.4) is 0 Å². The van der Waals surface area contributed by atoms with E-state index in [1.807, 2.05) is 74.4 Å². The van der Waals surface area contributed by atoms with Crippen molar-refractivity contribution in [2.45, 2.75) is 13.5 Å². The minimum atomic E-state index is -0.0396. The zero-order valence-corrected chi connectivity index (χ0v) is 12.2. The highest BCUT2D eigenvalue weighted by molar-refractivity contribution is 5.94. The summed E-state index contributed by atoms with van der Waals surface area (Å²) in [6.45, 7) is 2.57. The van der Waals surface area contributed by atoms with E-state index in [1.54, 1.807) is 0 Å². The average molecular weight is 268 g/mol. The van der Waals surface area contributed by atoms with Crippen LogP contribution in [-0.4, -0.2) is 20.0 Å². The summed E-state index contributed by atoms with van der Waals surface area (Å²) in [6.07, 6.45) is 0. The number of nitrogens with zero attached hydrogens (tertiary/aromatic N) is 1. The van der Waals surface area contributed by atoms with Gasteiger partial charge < -0.3 is 10.2 Å². The Hall–Kier alpha value is -2.29. The molecule has 20 heavy (non-hydrogen) atoms. The lowest BCUT2D eigenvalue weighted by Crippen LogP contribution is -2.23. The number of hydrogen-bond donors (Lipinski definition) is 1. The van der Waals surface area contributed by atoms with Gasteiger partial charge in [0.15, 0.2) is 0 Å². The second-order valence-electron chi connectivity index (χ2n) is 5.06. The molecule has 0 radical (unpaired) electrons. The molecule has 104 valence electrons. The molecular formula is C17H20N2O. The Morgan fingerprint density at radius 3 is 2.40 bits per heavy atom. The van der Waals surface area contributed by atoms with Gasteiger partial charge in [-0.1, -0.05) is 30.3 Å². The molecule has 0 spiro atoms. The summed E-state index contributed by atoms with van der Waals surface area (Å²) in [6, 6.07) is 15.7. The third-order valence-electron chi connectivity index (χ3n) is 3.24. The molecule has 3 heteroatoms. The van der Waals surface area contributed by atoms with Crippen LogP contribution in [0, 0.1) is 6.92 Å². The van der Waals surface area contributed by atoms with Crippen LogP contribution in [0.4, 0.5) is 5.69 Å². The maximum absolute atomic E-state index is 12.1. The first-order valence-corrected chi connectivity index (χ1v) is 6.68. The Labute approximate surface area is 120 Å². The van der Waals surface area contributed by atoms with Crippen LogP contribution in [0.15, 0.2) is 48.5 Å². The predicted octanol–water partition coefficient (Wildman–Crippen LogP) is 2.99. The van der Waals surface area contributed by atoms with Crippen LogP contribution >= 0.6 is 0 Å². The number of hydrogen-bond acceptors (Lipinski definition) is 2. The van der Waals surface area contributed by atoms with Crippen LogP contribution in [0.25, 0.3) is 0 Å². The van der Waals surface area contributed by atoms with E-state index < -0.39 is 0 Å². The maximum atomic E-state index is 12.1. The van der Waals surface area contributed by atoms with Crippen molar-refractivity contribution in [1.29, 1.82) is 0 Å². The highest BCUT2D eigenvalue weighted by Crippen LogP contribution is 2.19. The first-order chi connectivity index (χ1) is 9.58. The first-order valence-electron chi connectivity index (χ1n) is 6.68. The lowest BCUT2D eigenvalue weighted by Gasteiger charge is -2.16. The van der Waals surface area contributed by atoms with Gasteiger partial charge in [0.1, 0.15) is 0 Å². The van der Waals surface area contributed by atoms with E-state index in [2.05, 4.69) is 5.32 Å². The zero-order valence-electron chi connectivity index (χ0n) is 12.2. The normalized spacial score (nSPS) is 10.2. The molecule has 1 N–H and O–H groups in total. The molecular weight excluding hydrogens is 248 g/mol. The lowest BCUT2D eigenvalue weighted by molar-refractivity contribution is 0.0951. The molecule has 0 saturated heterocycles. The number of carbonyl (C=O) groups is 1. The summed E-state index contributed by atoms with van der Waals surface area (Å²) in [5.41, 5.74) is 4.03. The second-order valence-corrected chi connectivity index (χ2v) is 5.06. The highest BCUT2D eigenvalue weighted by atomic mass is 16.1. The molecule has 0 aliphatic heterocycles. The fourth-order valence-electron chi connectivity index (χ4n) is 2.18. The Morgan fingerprint density at radius 2 is 1.80 bits per heavy atom. The largest absolute Gasteiger partial charge is 0.377 e. The van der Waals surface area contributed by atoms with Crippen molar-refractivity contribution in [3.05, 3.63) is 65.2 Å². The van der Waals surface area contributed by atoms with Crippen LogP contribution in [0.1, 0.15) is 21.5 Å². The van der Waals surface area contributed by atoms with Gasteiger partial charge in [0, 0.05) is 31.9 Å². The lowest BCUT2D eigenvalue weighted by atomic mass is 10.1. The summed E-state index contributed by atoms with van der Waals surface area (Å²) in [5.74, 6) is -0.0396. The standard InChI is InChI=1S/C17H20N2O/c1-13-11-15(9-10-16(13)19(2)3)17(20)18-12-14-7-5-4-6-8-14/h4-11H,12H2,1-3H3,(H,18,20). The fraction of sp³-hybridized carbons (Fsp3) is 0.235. The summed E-state index contributed by atoms with van der Waals surface area (Å²) >= 11 is 0. The number of rotatable bonds is 4. The van der Waals surface area contributed by atoms with Crippen molar-refractivity contribution in [1.82, 2.24) is 5.32 Å². The number of amides is 1. The summed E-state index contributed by atoms with van der Waals surface area (Å²) in [7, 11) is 4.00.